The van der Waals surface area contributed by atoms with Gasteiger partial charge in [-0.1, -0.05) is 6.92 Å². The SMILES string of the molecule is C[C@H]1CCc2c(sc(NC(=O)c3c(I)cnn3C)c2C(N)=O)C1. The van der Waals surface area contributed by atoms with Gasteiger partial charge in [0.15, 0.2) is 0 Å². The molecule has 8 heteroatoms. The summed E-state index contributed by atoms with van der Waals surface area (Å²) < 4.78 is 2.29. The van der Waals surface area contributed by atoms with Crippen LogP contribution in [-0.4, -0.2) is 21.6 Å². The van der Waals surface area contributed by atoms with Crippen LogP contribution in [0.15, 0.2) is 6.20 Å². The van der Waals surface area contributed by atoms with Gasteiger partial charge in [0.05, 0.1) is 15.3 Å². The number of rotatable bonds is 3. The fourth-order valence-electron chi connectivity index (χ4n) is 2.93. The number of halogens is 1. The van der Waals surface area contributed by atoms with Crippen molar-refractivity contribution in [3.8, 4) is 0 Å². The fraction of sp³-hybridized carbons (Fsp3) is 0.400. The van der Waals surface area contributed by atoms with Crippen LogP contribution >= 0.6 is 33.9 Å². The molecule has 6 nitrogen and oxygen atoms in total. The second kappa shape index (κ2) is 6.23. The zero-order chi connectivity index (χ0) is 16.7. The molecular formula is C15H17IN4O2S. The molecule has 2 heterocycles. The number of hydrogen-bond donors (Lipinski definition) is 2. The van der Waals surface area contributed by atoms with Gasteiger partial charge in [0, 0.05) is 11.9 Å². The molecule has 0 aliphatic heterocycles. The topological polar surface area (TPSA) is 90.0 Å². The van der Waals surface area contributed by atoms with Crippen molar-refractivity contribution in [2.24, 2.45) is 18.7 Å². The summed E-state index contributed by atoms with van der Waals surface area (Å²) in [5.74, 6) is -0.168. The van der Waals surface area contributed by atoms with Crippen molar-refractivity contribution in [3.05, 3.63) is 31.5 Å². The van der Waals surface area contributed by atoms with Crippen molar-refractivity contribution < 1.29 is 9.59 Å². The smallest absolute Gasteiger partial charge is 0.275 e. The van der Waals surface area contributed by atoms with E-state index < -0.39 is 5.91 Å². The molecule has 2 aromatic heterocycles. The largest absolute Gasteiger partial charge is 0.365 e. The van der Waals surface area contributed by atoms with E-state index in [0.717, 1.165) is 33.3 Å². The average molecular weight is 444 g/mol. The first-order valence-corrected chi connectivity index (χ1v) is 9.21. The van der Waals surface area contributed by atoms with E-state index in [-0.39, 0.29) is 5.91 Å². The zero-order valence-corrected chi connectivity index (χ0v) is 15.8. The van der Waals surface area contributed by atoms with Crippen LogP contribution in [0.1, 0.15) is 44.6 Å². The first-order chi connectivity index (χ1) is 10.9. The second-order valence-electron chi connectivity index (χ2n) is 5.84. The highest BCUT2D eigenvalue weighted by Gasteiger charge is 2.28. The highest BCUT2D eigenvalue weighted by Crippen LogP contribution is 2.39. The third-order valence-electron chi connectivity index (χ3n) is 4.09. The molecule has 2 amide bonds. The third-order valence-corrected chi connectivity index (χ3v) is 6.05. The molecule has 3 N–H and O–H groups in total. The van der Waals surface area contributed by atoms with Gasteiger partial charge in [0.1, 0.15) is 10.7 Å². The van der Waals surface area contributed by atoms with Crippen molar-refractivity contribution in [2.75, 3.05) is 5.32 Å². The molecule has 23 heavy (non-hydrogen) atoms. The van der Waals surface area contributed by atoms with Crippen LogP contribution in [-0.2, 0) is 19.9 Å². The Balaban J connectivity index is 1.97. The summed E-state index contributed by atoms with van der Waals surface area (Å²) in [6, 6.07) is 0. The number of fused-ring (bicyclic) bond motifs is 1. The number of thiophene rings is 1. The number of nitrogens with zero attached hydrogens (tertiary/aromatic N) is 2. The number of amides is 2. The molecular weight excluding hydrogens is 427 g/mol. The maximum atomic E-state index is 12.5. The molecule has 0 saturated heterocycles. The Kier molecular flexibility index (Phi) is 4.45. The van der Waals surface area contributed by atoms with Gasteiger partial charge in [-0.05, 0) is 53.3 Å². The molecule has 0 aromatic carbocycles. The minimum Gasteiger partial charge on any atom is -0.365 e. The fourth-order valence-corrected chi connectivity index (χ4v) is 5.06. The number of aryl methyl sites for hydroxylation is 1. The van der Waals surface area contributed by atoms with Gasteiger partial charge in [0.2, 0.25) is 0 Å². The first-order valence-electron chi connectivity index (χ1n) is 7.31. The molecule has 122 valence electrons. The highest BCUT2D eigenvalue weighted by molar-refractivity contribution is 14.1. The summed E-state index contributed by atoms with van der Waals surface area (Å²) in [6.45, 7) is 2.20. The van der Waals surface area contributed by atoms with Gasteiger partial charge in [-0.2, -0.15) is 5.10 Å². The monoisotopic (exact) mass is 444 g/mol. The number of anilines is 1. The van der Waals surface area contributed by atoms with Crippen LogP contribution in [0.2, 0.25) is 0 Å². The van der Waals surface area contributed by atoms with E-state index in [1.807, 2.05) is 0 Å². The predicted molar refractivity (Wildman–Crippen MR) is 97.9 cm³/mol. The Bertz CT molecular complexity index is 776. The lowest BCUT2D eigenvalue weighted by atomic mass is 9.88. The van der Waals surface area contributed by atoms with E-state index in [9.17, 15) is 9.59 Å². The van der Waals surface area contributed by atoms with Crippen molar-refractivity contribution in [1.82, 2.24) is 9.78 Å². The molecule has 0 saturated carbocycles. The van der Waals surface area contributed by atoms with E-state index in [0.29, 0.717) is 22.2 Å². The Labute approximate surface area is 151 Å². The third kappa shape index (κ3) is 3.01. The molecule has 0 fully saturated rings. The predicted octanol–water partition coefficient (Wildman–Crippen LogP) is 2.56. The summed E-state index contributed by atoms with van der Waals surface area (Å²) in [5, 5.41) is 7.49. The van der Waals surface area contributed by atoms with E-state index in [2.05, 4.69) is 39.9 Å². The summed E-state index contributed by atoms with van der Waals surface area (Å²) in [6.07, 6.45) is 4.44. The van der Waals surface area contributed by atoms with Crippen LogP contribution < -0.4 is 11.1 Å². The quantitative estimate of drug-likeness (QED) is 0.714. The molecule has 0 spiro atoms. The summed E-state index contributed by atoms with van der Waals surface area (Å²) >= 11 is 3.53. The van der Waals surface area contributed by atoms with Gasteiger partial charge in [0.25, 0.3) is 11.8 Å². The Morgan fingerprint density at radius 2 is 2.26 bits per heavy atom. The highest BCUT2D eigenvalue weighted by atomic mass is 127. The molecule has 2 aromatic rings. The maximum Gasteiger partial charge on any atom is 0.275 e. The second-order valence-corrected chi connectivity index (χ2v) is 8.11. The number of nitrogens with one attached hydrogen (secondary N) is 1. The Hall–Kier alpha value is -1.42. The first kappa shape index (κ1) is 16.4. The van der Waals surface area contributed by atoms with Crippen molar-refractivity contribution >= 4 is 50.7 Å². The summed E-state index contributed by atoms with van der Waals surface area (Å²) in [4.78, 5) is 25.6. The standard InChI is InChI=1S/C15H17IN4O2S/c1-7-3-4-8-10(5-7)23-15(11(8)13(17)21)19-14(22)12-9(16)6-18-20(12)2/h6-7H,3-5H2,1-2H3,(H2,17,21)(H,19,22)/t7-/m0/s1. The van der Waals surface area contributed by atoms with Gasteiger partial charge < -0.3 is 11.1 Å². The van der Waals surface area contributed by atoms with E-state index in [1.165, 1.54) is 16.0 Å². The molecule has 0 bridgehead atoms. The van der Waals surface area contributed by atoms with Gasteiger partial charge in [-0.25, -0.2) is 0 Å². The lowest BCUT2D eigenvalue weighted by Gasteiger charge is -2.18. The molecule has 0 unspecified atom stereocenters. The zero-order valence-electron chi connectivity index (χ0n) is 12.9. The number of nitrogens with two attached hydrogens (primary N) is 1. The van der Waals surface area contributed by atoms with E-state index in [1.54, 1.807) is 13.2 Å². The molecule has 1 aliphatic rings. The van der Waals surface area contributed by atoms with Crippen LogP contribution in [0.4, 0.5) is 5.00 Å². The van der Waals surface area contributed by atoms with Gasteiger partial charge in [-0.3, -0.25) is 14.3 Å². The lowest BCUT2D eigenvalue weighted by Crippen LogP contribution is -2.21. The number of aromatic nitrogens is 2. The maximum absolute atomic E-state index is 12.5. The van der Waals surface area contributed by atoms with E-state index >= 15 is 0 Å². The number of primary amides is 1. The number of carbonyl (C=O) groups is 2. The molecule has 1 atom stereocenters. The molecule has 1 aliphatic carbocycles. The Morgan fingerprint density at radius 1 is 1.52 bits per heavy atom. The van der Waals surface area contributed by atoms with Gasteiger partial charge in [-0.15, -0.1) is 11.3 Å². The van der Waals surface area contributed by atoms with Crippen LogP contribution in [0.25, 0.3) is 0 Å². The van der Waals surface area contributed by atoms with Crippen LogP contribution in [0, 0.1) is 9.49 Å². The lowest BCUT2D eigenvalue weighted by molar-refractivity contribution is 0.1000. The van der Waals surface area contributed by atoms with Crippen molar-refractivity contribution in [1.29, 1.82) is 0 Å². The minimum absolute atomic E-state index is 0.274. The van der Waals surface area contributed by atoms with Gasteiger partial charge >= 0.3 is 0 Å². The normalized spacial score (nSPS) is 16.9. The van der Waals surface area contributed by atoms with Crippen molar-refractivity contribution in [2.45, 2.75) is 26.2 Å². The van der Waals surface area contributed by atoms with Crippen LogP contribution in [0.5, 0.6) is 0 Å². The van der Waals surface area contributed by atoms with Crippen molar-refractivity contribution in [3.63, 3.8) is 0 Å². The van der Waals surface area contributed by atoms with E-state index in [4.69, 9.17) is 5.73 Å². The minimum atomic E-state index is -0.480. The Morgan fingerprint density at radius 3 is 2.87 bits per heavy atom. The van der Waals surface area contributed by atoms with Crippen LogP contribution in [0.3, 0.4) is 0 Å². The summed E-state index contributed by atoms with van der Waals surface area (Å²) in [5.41, 5.74) is 7.53. The number of hydrogen-bond acceptors (Lipinski definition) is 4. The molecule has 3 rings (SSSR count). The average Bonchev–Trinajstić information content (AvgIpc) is 2.98. The number of carbonyl (C=O) groups excluding carboxylic acids is 2. The summed E-state index contributed by atoms with van der Waals surface area (Å²) in [7, 11) is 1.72. The molecule has 0 radical (unpaired) electrons.